The van der Waals surface area contributed by atoms with E-state index in [1.165, 1.54) is 0 Å². The molecular weight excluding hydrogens is 404 g/mol. The van der Waals surface area contributed by atoms with Crippen LogP contribution < -0.4 is 14.8 Å². The van der Waals surface area contributed by atoms with E-state index in [1.54, 1.807) is 18.9 Å². The zero-order chi connectivity index (χ0) is 23.3. The van der Waals surface area contributed by atoms with Crippen molar-refractivity contribution in [1.29, 1.82) is 0 Å². The fourth-order valence-electron chi connectivity index (χ4n) is 3.26. The van der Waals surface area contributed by atoms with Crippen molar-refractivity contribution >= 4 is 11.8 Å². The predicted octanol–water partition coefficient (Wildman–Crippen LogP) is 4.23. The summed E-state index contributed by atoms with van der Waals surface area (Å²) in [6.07, 6.45) is 2.45. The minimum Gasteiger partial charge on any atom is -0.497 e. The fourth-order valence-corrected chi connectivity index (χ4v) is 3.26. The van der Waals surface area contributed by atoms with Crippen molar-refractivity contribution in [2.75, 3.05) is 20.3 Å². The molecule has 2 aromatic rings. The van der Waals surface area contributed by atoms with Crippen molar-refractivity contribution < 1.29 is 19.1 Å². The standard InChI is InChI=1S/C26H36N2O4/c1-5-20(2)27-26(30)21(3)28(18-17-22-10-7-6-8-11-22)25(29)12-9-19-32-24-15-13-23(31-4)14-16-24/h6-8,10-11,13-16,20-21H,5,9,12,17-19H2,1-4H3,(H,27,30)/t20-,21+/m1/s1. The molecule has 0 heterocycles. The number of benzene rings is 2. The molecule has 0 radical (unpaired) electrons. The maximum atomic E-state index is 13.0. The van der Waals surface area contributed by atoms with E-state index < -0.39 is 6.04 Å². The second-order valence-corrected chi connectivity index (χ2v) is 7.94. The van der Waals surface area contributed by atoms with Crippen molar-refractivity contribution in [1.82, 2.24) is 10.2 Å². The molecule has 0 saturated carbocycles. The minimum atomic E-state index is -0.525. The molecule has 174 valence electrons. The molecule has 0 unspecified atom stereocenters. The molecule has 2 aromatic carbocycles. The number of carbonyl (C=O) groups is 2. The van der Waals surface area contributed by atoms with Crippen LogP contribution in [0, 0.1) is 0 Å². The number of nitrogens with zero attached hydrogens (tertiary/aromatic N) is 1. The van der Waals surface area contributed by atoms with Gasteiger partial charge in [0.2, 0.25) is 11.8 Å². The number of ether oxygens (including phenoxy) is 2. The first-order valence-corrected chi connectivity index (χ1v) is 11.3. The summed E-state index contributed by atoms with van der Waals surface area (Å²) in [4.78, 5) is 27.4. The summed E-state index contributed by atoms with van der Waals surface area (Å²) in [5.74, 6) is 1.35. The Morgan fingerprint density at radius 1 is 1.00 bits per heavy atom. The quantitative estimate of drug-likeness (QED) is 0.474. The van der Waals surface area contributed by atoms with Gasteiger partial charge in [0.25, 0.3) is 0 Å². The van der Waals surface area contributed by atoms with Crippen molar-refractivity contribution in [3.63, 3.8) is 0 Å². The number of carbonyl (C=O) groups excluding carboxylic acids is 2. The lowest BCUT2D eigenvalue weighted by atomic mass is 10.1. The number of amides is 2. The lowest BCUT2D eigenvalue weighted by Gasteiger charge is -2.29. The molecule has 1 N–H and O–H groups in total. The molecule has 0 fully saturated rings. The van der Waals surface area contributed by atoms with Gasteiger partial charge in [0.1, 0.15) is 17.5 Å². The van der Waals surface area contributed by atoms with Gasteiger partial charge in [-0.15, -0.1) is 0 Å². The zero-order valence-corrected chi connectivity index (χ0v) is 19.7. The number of hydrogen-bond donors (Lipinski definition) is 1. The SMILES string of the molecule is CC[C@@H](C)NC(=O)[C@H](C)N(CCc1ccccc1)C(=O)CCCOc1ccc(OC)cc1. The number of rotatable bonds is 13. The molecule has 0 aliphatic carbocycles. The van der Waals surface area contributed by atoms with E-state index in [1.807, 2.05) is 68.4 Å². The van der Waals surface area contributed by atoms with Gasteiger partial charge in [-0.2, -0.15) is 0 Å². The summed E-state index contributed by atoms with van der Waals surface area (Å²) in [7, 11) is 1.62. The second kappa shape index (κ2) is 13.4. The first kappa shape index (κ1) is 25.2. The summed E-state index contributed by atoms with van der Waals surface area (Å²) in [5.41, 5.74) is 1.14. The summed E-state index contributed by atoms with van der Waals surface area (Å²) in [5, 5.41) is 2.99. The summed E-state index contributed by atoms with van der Waals surface area (Å²) < 4.78 is 10.9. The fraction of sp³-hybridized carbons (Fsp3) is 0.462. The van der Waals surface area contributed by atoms with E-state index in [9.17, 15) is 9.59 Å². The van der Waals surface area contributed by atoms with Crippen molar-refractivity contribution in [2.24, 2.45) is 0 Å². The molecule has 0 spiro atoms. The normalized spacial score (nSPS) is 12.5. The lowest BCUT2D eigenvalue weighted by molar-refractivity contribution is -0.140. The maximum Gasteiger partial charge on any atom is 0.242 e. The largest absolute Gasteiger partial charge is 0.497 e. The number of hydrogen-bond acceptors (Lipinski definition) is 4. The smallest absolute Gasteiger partial charge is 0.242 e. The van der Waals surface area contributed by atoms with Gasteiger partial charge in [-0.3, -0.25) is 9.59 Å². The Bertz CT molecular complexity index is 823. The molecule has 32 heavy (non-hydrogen) atoms. The average Bonchev–Trinajstić information content (AvgIpc) is 2.82. The van der Waals surface area contributed by atoms with Gasteiger partial charge in [0.05, 0.1) is 13.7 Å². The molecule has 2 amide bonds. The Morgan fingerprint density at radius 3 is 2.28 bits per heavy atom. The van der Waals surface area contributed by atoms with Crippen LogP contribution in [0.25, 0.3) is 0 Å². The van der Waals surface area contributed by atoms with Crippen molar-refractivity contribution in [3.05, 3.63) is 60.2 Å². The van der Waals surface area contributed by atoms with Crippen LogP contribution in [-0.2, 0) is 16.0 Å². The number of nitrogens with one attached hydrogen (secondary N) is 1. The highest BCUT2D eigenvalue weighted by molar-refractivity contribution is 5.87. The monoisotopic (exact) mass is 440 g/mol. The van der Waals surface area contributed by atoms with Crippen LogP contribution in [0.2, 0.25) is 0 Å². The Kier molecular flexibility index (Phi) is 10.6. The Labute approximate surface area is 191 Å². The van der Waals surface area contributed by atoms with Crippen molar-refractivity contribution in [2.45, 2.75) is 58.5 Å². The van der Waals surface area contributed by atoms with Gasteiger partial charge in [0.15, 0.2) is 0 Å². The molecule has 0 aromatic heterocycles. The topological polar surface area (TPSA) is 67.9 Å². The summed E-state index contributed by atoms with van der Waals surface area (Å²) in [6, 6.07) is 16.9. The molecule has 0 aliphatic rings. The van der Waals surface area contributed by atoms with Crippen LogP contribution in [0.1, 0.15) is 45.6 Å². The lowest BCUT2D eigenvalue weighted by Crippen LogP contribution is -2.50. The van der Waals surface area contributed by atoms with E-state index in [4.69, 9.17) is 9.47 Å². The Balaban J connectivity index is 1.92. The van der Waals surface area contributed by atoms with E-state index in [2.05, 4.69) is 5.32 Å². The molecular formula is C26H36N2O4. The third-order valence-corrected chi connectivity index (χ3v) is 5.52. The zero-order valence-electron chi connectivity index (χ0n) is 19.7. The van der Waals surface area contributed by atoms with Crippen LogP contribution in [0.3, 0.4) is 0 Å². The highest BCUT2D eigenvalue weighted by Gasteiger charge is 2.26. The predicted molar refractivity (Wildman–Crippen MR) is 127 cm³/mol. The van der Waals surface area contributed by atoms with Gasteiger partial charge in [-0.05, 0) is 62.9 Å². The summed E-state index contributed by atoms with van der Waals surface area (Å²) >= 11 is 0. The molecule has 0 aliphatic heterocycles. The first-order chi connectivity index (χ1) is 15.4. The summed E-state index contributed by atoms with van der Waals surface area (Å²) in [6.45, 7) is 6.72. The highest BCUT2D eigenvalue weighted by Crippen LogP contribution is 2.17. The Morgan fingerprint density at radius 2 is 1.66 bits per heavy atom. The second-order valence-electron chi connectivity index (χ2n) is 7.94. The Hall–Kier alpha value is -3.02. The maximum absolute atomic E-state index is 13.0. The van der Waals surface area contributed by atoms with E-state index in [0.717, 1.165) is 23.5 Å². The van der Waals surface area contributed by atoms with Gasteiger partial charge in [-0.25, -0.2) is 0 Å². The average molecular weight is 441 g/mol. The van der Waals surface area contributed by atoms with Crippen LogP contribution in [0.5, 0.6) is 11.5 Å². The van der Waals surface area contributed by atoms with Gasteiger partial charge in [0, 0.05) is 19.0 Å². The first-order valence-electron chi connectivity index (χ1n) is 11.3. The molecule has 2 rings (SSSR count). The molecule has 6 nitrogen and oxygen atoms in total. The van der Waals surface area contributed by atoms with Gasteiger partial charge < -0.3 is 19.7 Å². The van der Waals surface area contributed by atoms with Crippen LogP contribution >= 0.6 is 0 Å². The van der Waals surface area contributed by atoms with Crippen molar-refractivity contribution in [3.8, 4) is 11.5 Å². The van der Waals surface area contributed by atoms with Crippen LogP contribution in [0.15, 0.2) is 54.6 Å². The van der Waals surface area contributed by atoms with E-state index in [-0.39, 0.29) is 17.9 Å². The minimum absolute atomic E-state index is 0.0361. The number of methoxy groups -OCH3 is 1. The van der Waals surface area contributed by atoms with Crippen LogP contribution in [-0.4, -0.2) is 49.1 Å². The van der Waals surface area contributed by atoms with Gasteiger partial charge in [-0.1, -0.05) is 37.3 Å². The van der Waals surface area contributed by atoms with Crippen LogP contribution in [0.4, 0.5) is 0 Å². The van der Waals surface area contributed by atoms with E-state index >= 15 is 0 Å². The van der Waals surface area contributed by atoms with E-state index in [0.29, 0.717) is 32.4 Å². The molecule has 6 heteroatoms. The molecule has 0 bridgehead atoms. The van der Waals surface area contributed by atoms with Gasteiger partial charge >= 0.3 is 0 Å². The highest BCUT2D eigenvalue weighted by atomic mass is 16.5. The molecule has 2 atom stereocenters. The third kappa shape index (κ3) is 8.25. The molecule has 0 saturated heterocycles. The third-order valence-electron chi connectivity index (χ3n) is 5.52.